The van der Waals surface area contributed by atoms with E-state index in [0.717, 1.165) is 24.9 Å². The highest BCUT2D eigenvalue weighted by Gasteiger charge is 2.20. The predicted molar refractivity (Wildman–Crippen MR) is 153 cm³/mol. The van der Waals surface area contributed by atoms with Crippen molar-refractivity contribution in [1.29, 1.82) is 0 Å². The van der Waals surface area contributed by atoms with E-state index in [9.17, 15) is 4.79 Å². The summed E-state index contributed by atoms with van der Waals surface area (Å²) in [5.41, 5.74) is 3.68. The average molecular weight is 544 g/mol. The molecular formula is C29H30ClN7O2. The number of halogens is 1. The van der Waals surface area contributed by atoms with Crippen LogP contribution in [0.4, 0.5) is 5.95 Å². The van der Waals surface area contributed by atoms with Gasteiger partial charge in [0.2, 0.25) is 17.7 Å². The SMILES string of the molecule is CCn1c(=O)c(-c2ccc(-c3noc(C)n3)cc2Cl)cc2cnc(NC3C=CC(C4CCNCC4)=CC3)nc21. The summed E-state index contributed by atoms with van der Waals surface area (Å²) >= 11 is 6.64. The molecule has 4 heterocycles. The number of allylic oxidation sites excluding steroid dienone is 2. The topological polar surface area (TPSA) is 111 Å². The molecule has 9 nitrogen and oxygen atoms in total. The molecule has 1 aliphatic heterocycles. The summed E-state index contributed by atoms with van der Waals surface area (Å²) in [6, 6.07) is 7.30. The fourth-order valence-corrected chi connectivity index (χ4v) is 5.65. The van der Waals surface area contributed by atoms with Crippen LogP contribution < -0.4 is 16.2 Å². The minimum atomic E-state index is -0.160. The fourth-order valence-electron chi connectivity index (χ4n) is 5.37. The van der Waals surface area contributed by atoms with Crippen LogP contribution >= 0.6 is 11.6 Å². The van der Waals surface area contributed by atoms with Crippen LogP contribution in [0.5, 0.6) is 0 Å². The van der Waals surface area contributed by atoms with E-state index >= 15 is 0 Å². The van der Waals surface area contributed by atoms with E-state index in [4.69, 9.17) is 21.1 Å². The normalized spacial score (nSPS) is 17.9. The molecule has 0 saturated carbocycles. The number of hydrogen-bond acceptors (Lipinski definition) is 8. The number of rotatable bonds is 6. The molecule has 3 aromatic heterocycles. The Morgan fingerprint density at radius 2 is 2.03 bits per heavy atom. The van der Waals surface area contributed by atoms with Crippen molar-refractivity contribution in [2.75, 3.05) is 18.4 Å². The van der Waals surface area contributed by atoms with Crippen molar-refractivity contribution in [2.24, 2.45) is 5.92 Å². The highest BCUT2D eigenvalue weighted by molar-refractivity contribution is 6.33. The zero-order valence-electron chi connectivity index (χ0n) is 21.9. The molecule has 2 aliphatic rings. The van der Waals surface area contributed by atoms with Gasteiger partial charge in [-0.15, -0.1) is 0 Å². The molecule has 1 fully saturated rings. The van der Waals surface area contributed by atoms with E-state index in [2.05, 4.69) is 44.0 Å². The van der Waals surface area contributed by atoms with Crippen LogP contribution in [0, 0.1) is 12.8 Å². The van der Waals surface area contributed by atoms with Gasteiger partial charge in [-0.2, -0.15) is 9.97 Å². The molecule has 200 valence electrons. The molecule has 1 unspecified atom stereocenters. The molecule has 0 radical (unpaired) electrons. The molecular weight excluding hydrogens is 514 g/mol. The lowest BCUT2D eigenvalue weighted by molar-refractivity contribution is 0.394. The lowest BCUT2D eigenvalue weighted by Crippen LogP contribution is -2.29. The number of anilines is 1. The molecule has 1 atom stereocenters. The van der Waals surface area contributed by atoms with Gasteiger partial charge in [-0.3, -0.25) is 9.36 Å². The van der Waals surface area contributed by atoms with Crippen LogP contribution in [0.2, 0.25) is 5.02 Å². The maximum Gasteiger partial charge on any atom is 0.260 e. The Morgan fingerprint density at radius 1 is 1.18 bits per heavy atom. The number of benzene rings is 1. The quantitative estimate of drug-likeness (QED) is 0.343. The molecule has 0 amide bonds. The zero-order valence-corrected chi connectivity index (χ0v) is 22.7. The first-order valence-corrected chi connectivity index (χ1v) is 13.7. The highest BCUT2D eigenvalue weighted by Crippen LogP contribution is 2.31. The molecule has 39 heavy (non-hydrogen) atoms. The Balaban J connectivity index is 1.26. The second kappa shape index (κ2) is 10.7. The maximum absolute atomic E-state index is 13.6. The number of fused-ring (bicyclic) bond motifs is 1. The first-order valence-electron chi connectivity index (χ1n) is 13.4. The van der Waals surface area contributed by atoms with Crippen LogP contribution in [0.1, 0.15) is 32.1 Å². The lowest BCUT2D eigenvalue weighted by atomic mass is 9.86. The monoisotopic (exact) mass is 543 g/mol. The minimum Gasteiger partial charge on any atom is -0.348 e. The lowest BCUT2D eigenvalue weighted by Gasteiger charge is -2.26. The second-order valence-corrected chi connectivity index (χ2v) is 10.4. The molecule has 0 bridgehead atoms. The maximum atomic E-state index is 13.6. The van der Waals surface area contributed by atoms with Crippen molar-refractivity contribution in [3.8, 4) is 22.5 Å². The van der Waals surface area contributed by atoms with Crippen molar-refractivity contribution >= 4 is 28.6 Å². The van der Waals surface area contributed by atoms with Gasteiger partial charge in [0.25, 0.3) is 5.56 Å². The van der Waals surface area contributed by atoms with Gasteiger partial charge in [0.1, 0.15) is 5.65 Å². The summed E-state index contributed by atoms with van der Waals surface area (Å²) in [5, 5.41) is 12.0. The molecule has 6 rings (SSSR count). The third-order valence-corrected chi connectivity index (χ3v) is 7.75. The summed E-state index contributed by atoms with van der Waals surface area (Å²) in [6.45, 7) is 6.29. The third kappa shape index (κ3) is 5.12. The Labute approximate surface area is 231 Å². The van der Waals surface area contributed by atoms with Crippen LogP contribution in [0.15, 0.2) is 63.6 Å². The zero-order chi connectivity index (χ0) is 26.9. The number of nitrogens with zero attached hydrogens (tertiary/aromatic N) is 5. The second-order valence-electron chi connectivity index (χ2n) is 9.99. The molecule has 0 spiro atoms. The number of aromatic nitrogens is 5. The predicted octanol–water partition coefficient (Wildman–Crippen LogP) is 5.16. The standard InChI is InChI=1S/C29H30ClN7O2/c1-3-37-27-21(14-24(28(37)38)23-9-6-20(15-25(23)30)26-33-17(2)39-36-26)16-32-29(35-27)34-22-7-4-18(5-8-22)19-10-12-31-13-11-19/h4-7,9,14-16,19,22,31H,3,8,10-13H2,1-2H3,(H,32,34,35). The van der Waals surface area contributed by atoms with Gasteiger partial charge in [-0.25, -0.2) is 4.98 Å². The summed E-state index contributed by atoms with van der Waals surface area (Å²) in [7, 11) is 0. The molecule has 1 aromatic carbocycles. The van der Waals surface area contributed by atoms with Gasteiger partial charge >= 0.3 is 0 Å². The largest absolute Gasteiger partial charge is 0.348 e. The Morgan fingerprint density at radius 3 is 2.72 bits per heavy atom. The van der Waals surface area contributed by atoms with E-state index < -0.39 is 0 Å². The molecule has 10 heteroatoms. The van der Waals surface area contributed by atoms with Gasteiger partial charge in [-0.05, 0) is 62.9 Å². The fraction of sp³-hybridized carbons (Fsp3) is 0.345. The molecule has 2 N–H and O–H groups in total. The van der Waals surface area contributed by atoms with Crippen LogP contribution in [0.25, 0.3) is 33.5 Å². The van der Waals surface area contributed by atoms with Crippen LogP contribution in [-0.2, 0) is 6.54 Å². The number of piperidine rings is 1. The van der Waals surface area contributed by atoms with Crippen molar-refractivity contribution in [3.05, 3.63) is 75.5 Å². The first kappa shape index (κ1) is 25.5. The Hall–Kier alpha value is -3.82. The first-order chi connectivity index (χ1) is 19.0. The summed E-state index contributed by atoms with van der Waals surface area (Å²) in [4.78, 5) is 27.1. The van der Waals surface area contributed by atoms with Gasteiger partial charge in [-0.1, -0.05) is 47.1 Å². The van der Waals surface area contributed by atoms with E-state index in [1.165, 1.54) is 18.4 Å². The summed E-state index contributed by atoms with van der Waals surface area (Å²) < 4.78 is 6.74. The van der Waals surface area contributed by atoms with Crippen molar-refractivity contribution < 1.29 is 4.52 Å². The van der Waals surface area contributed by atoms with Gasteiger partial charge in [0, 0.05) is 46.8 Å². The smallest absolute Gasteiger partial charge is 0.260 e. The van der Waals surface area contributed by atoms with Gasteiger partial charge < -0.3 is 15.2 Å². The Kier molecular flexibility index (Phi) is 7.01. The summed E-state index contributed by atoms with van der Waals surface area (Å²) in [5.74, 6) is 2.06. The van der Waals surface area contributed by atoms with E-state index in [1.807, 2.05) is 25.1 Å². The molecule has 4 aromatic rings. The van der Waals surface area contributed by atoms with Crippen molar-refractivity contribution in [1.82, 2.24) is 30.0 Å². The number of nitrogens with one attached hydrogen (secondary N) is 2. The molecule has 1 aliphatic carbocycles. The number of pyridine rings is 1. The van der Waals surface area contributed by atoms with Crippen molar-refractivity contribution in [3.63, 3.8) is 0 Å². The molecule has 1 saturated heterocycles. The number of hydrogen-bond donors (Lipinski definition) is 2. The van der Waals surface area contributed by atoms with Gasteiger partial charge in [0.15, 0.2) is 0 Å². The average Bonchev–Trinajstić information content (AvgIpc) is 3.40. The van der Waals surface area contributed by atoms with Gasteiger partial charge in [0.05, 0.1) is 6.04 Å². The van der Waals surface area contributed by atoms with Crippen LogP contribution in [-0.4, -0.2) is 43.8 Å². The third-order valence-electron chi connectivity index (χ3n) is 7.44. The van der Waals surface area contributed by atoms with E-state index in [1.54, 1.807) is 23.8 Å². The van der Waals surface area contributed by atoms with E-state index in [-0.39, 0.29) is 11.6 Å². The number of aryl methyl sites for hydroxylation is 2. The summed E-state index contributed by atoms with van der Waals surface area (Å²) in [6.07, 6.45) is 11.8. The minimum absolute atomic E-state index is 0.106. The van der Waals surface area contributed by atoms with E-state index in [0.29, 0.717) is 57.5 Å². The highest BCUT2D eigenvalue weighted by atomic mass is 35.5. The van der Waals surface area contributed by atoms with Crippen LogP contribution in [0.3, 0.4) is 0 Å². The Bertz CT molecular complexity index is 1650. The van der Waals surface area contributed by atoms with Crippen molar-refractivity contribution in [2.45, 2.75) is 45.7 Å².